The van der Waals surface area contributed by atoms with Crippen LogP contribution in [0.3, 0.4) is 0 Å². The van der Waals surface area contributed by atoms with Crippen LogP contribution in [-0.4, -0.2) is 0 Å². The normalized spacial score (nSPS) is 11.4. The van der Waals surface area contributed by atoms with E-state index in [0.29, 0.717) is 0 Å². The molecule has 0 aromatic heterocycles. The SMILES string of the molecule is CC[C-]=C(CC)C(=[C-]c1ccccc1)c1ccccc1.[Li+].[Li+]. The van der Waals surface area contributed by atoms with E-state index in [1.54, 1.807) is 0 Å². The van der Waals surface area contributed by atoms with Gasteiger partial charge in [-0.05, 0) is 0 Å². The second-order valence-electron chi connectivity index (χ2n) is 4.59. The van der Waals surface area contributed by atoms with Gasteiger partial charge in [-0.25, -0.2) is 6.08 Å². The Morgan fingerprint density at radius 1 is 0.818 bits per heavy atom. The molecule has 0 fully saturated rings. The van der Waals surface area contributed by atoms with Gasteiger partial charge in [-0.2, -0.15) is 5.56 Å². The molecule has 0 aliphatic carbocycles. The maximum Gasteiger partial charge on any atom is 1.00 e. The van der Waals surface area contributed by atoms with Crippen LogP contribution in [0.15, 0.2) is 66.2 Å². The molecule has 102 valence electrons. The third-order valence-electron chi connectivity index (χ3n) is 3.15. The maximum atomic E-state index is 3.55. The summed E-state index contributed by atoms with van der Waals surface area (Å²) in [5, 5.41) is 0. The van der Waals surface area contributed by atoms with Gasteiger partial charge in [0.1, 0.15) is 0 Å². The molecule has 0 nitrogen and oxygen atoms in total. The molecule has 22 heavy (non-hydrogen) atoms. The molecule has 2 heteroatoms. The van der Waals surface area contributed by atoms with E-state index >= 15 is 0 Å². The molecule has 0 aliphatic heterocycles. The van der Waals surface area contributed by atoms with Gasteiger partial charge < -0.3 is 6.08 Å². The Morgan fingerprint density at radius 3 is 1.86 bits per heavy atom. The Balaban J connectivity index is 0.00000220. The van der Waals surface area contributed by atoms with E-state index in [9.17, 15) is 0 Å². The predicted molar refractivity (Wildman–Crippen MR) is 86.0 cm³/mol. The van der Waals surface area contributed by atoms with Crippen molar-refractivity contribution in [1.82, 2.24) is 0 Å². The molecule has 0 radical (unpaired) electrons. The minimum Gasteiger partial charge on any atom is -0.313 e. The first-order valence-corrected chi connectivity index (χ1v) is 7.19. The largest absolute Gasteiger partial charge is 1.00 e. The summed E-state index contributed by atoms with van der Waals surface area (Å²) in [4.78, 5) is 0. The second kappa shape index (κ2) is 11.7. The molecule has 0 atom stereocenters. The van der Waals surface area contributed by atoms with Crippen LogP contribution in [0.4, 0.5) is 0 Å². The Morgan fingerprint density at radius 2 is 1.36 bits per heavy atom. The van der Waals surface area contributed by atoms with Crippen LogP contribution < -0.4 is 37.7 Å². The molecule has 0 N–H and O–H groups in total. The van der Waals surface area contributed by atoms with Gasteiger partial charge in [0, 0.05) is 0 Å². The first kappa shape index (κ1) is 21.1. The molecule has 0 saturated carbocycles. The molecular weight excluding hydrogens is 254 g/mol. The van der Waals surface area contributed by atoms with Crippen LogP contribution in [0, 0.1) is 12.2 Å². The first-order valence-electron chi connectivity index (χ1n) is 7.19. The van der Waals surface area contributed by atoms with E-state index in [0.717, 1.165) is 24.0 Å². The molecule has 0 heterocycles. The Bertz CT molecular complexity index is 584. The Labute approximate surface area is 159 Å². The van der Waals surface area contributed by atoms with Crippen LogP contribution >= 0.6 is 0 Å². The van der Waals surface area contributed by atoms with Crippen molar-refractivity contribution in [3.8, 4) is 0 Å². The van der Waals surface area contributed by atoms with E-state index in [4.69, 9.17) is 0 Å². The zero-order chi connectivity index (χ0) is 14.2. The van der Waals surface area contributed by atoms with Crippen molar-refractivity contribution in [1.29, 1.82) is 0 Å². The van der Waals surface area contributed by atoms with E-state index in [2.05, 4.69) is 62.4 Å². The van der Waals surface area contributed by atoms with Crippen LogP contribution in [0.1, 0.15) is 37.8 Å². The standard InChI is InChI=1S/C20H20.2Li/c1-3-11-18(4-2)20(19-14-9-6-10-15-19)16-17-12-7-5-8-13-17;;/h5-10,12-15H,3-4H2,1-2H3;;/q-2;2*+1. The van der Waals surface area contributed by atoms with Crippen molar-refractivity contribution in [3.05, 3.63) is 89.5 Å². The van der Waals surface area contributed by atoms with Crippen molar-refractivity contribution >= 4 is 5.57 Å². The molecule has 2 aromatic rings. The van der Waals surface area contributed by atoms with Gasteiger partial charge in [-0.15, -0.1) is 36.2 Å². The van der Waals surface area contributed by atoms with Crippen molar-refractivity contribution in [2.45, 2.75) is 26.7 Å². The summed E-state index contributed by atoms with van der Waals surface area (Å²) in [5.41, 5.74) is 4.70. The molecule has 0 bridgehead atoms. The third-order valence-corrected chi connectivity index (χ3v) is 3.15. The van der Waals surface area contributed by atoms with E-state index < -0.39 is 0 Å². The summed E-state index contributed by atoms with van der Waals surface area (Å²) in [7, 11) is 0. The average molecular weight is 274 g/mol. The maximum absolute atomic E-state index is 3.55. The number of benzene rings is 2. The van der Waals surface area contributed by atoms with Crippen LogP contribution in [0.5, 0.6) is 0 Å². The molecule has 0 spiro atoms. The molecule has 2 rings (SSSR count). The summed E-state index contributed by atoms with van der Waals surface area (Å²) in [6, 6.07) is 20.8. The van der Waals surface area contributed by atoms with Gasteiger partial charge in [0.15, 0.2) is 0 Å². The van der Waals surface area contributed by atoms with Gasteiger partial charge >= 0.3 is 37.7 Å². The zero-order valence-corrected chi connectivity index (χ0v) is 14.2. The second-order valence-corrected chi connectivity index (χ2v) is 4.59. The van der Waals surface area contributed by atoms with Gasteiger partial charge in [-0.1, -0.05) is 56.7 Å². The van der Waals surface area contributed by atoms with Crippen molar-refractivity contribution in [2.75, 3.05) is 0 Å². The number of hydrogen-bond acceptors (Lipinski definition) is 0. The predicted octanol–water partition coefficient (Wildman–Crippen LogP) is -0.521. The van der Waals surface area contributed by atoms with Crippen molar-refractivity contribution in [3.63, 3.8) is 0 Å². The first-order chi connectivity index (χ1) is 9.85. The summed E-state index contributed by atoms with van der Waals surface area (Å²) in [5.74, 6) is 0. The monoisotopic (exact) mass is 274 g/mol. The average Bonchev–Trinajstić information content (AvgIpc) is 2.52. The fourth-order valence-electron chi connectivity index (χ4n) is 2.20. The summed E-state index contributed by atoms with van der Waals surface area (Å²) in [6.07, 6.45) is 8.91. The van der Waals surface area contributed by atoms with Gasteiger partial charge in [-0.3, -0.25) is 11.1 Å². The molecule has 0 unspecified atom stereocenters. The minimum absolute atomic E-state index is 0. The smallest absolute Gasteiger partial charge is 0.313 e. The summed E-state index contributed by atoms with van der Waals surface area (Å²) in [6.45, 7) is 4.30. The molecule has 0 amide bonds. The van der Waals surface area contributed by atoms with Gasteiger partial charge in [0.05, 0.1) is 0 Å². The van der Waals surface area contributed by atoms with E-state index in [-0.39, 0.29) is 37.7 Å². The summed E-state index contributed by atoms with van der Waals surface area (Å²) < 4.78 is 0. The quantitative estimate of drug-likeness (QED) is 0.298. The molecule has 0 aliphatic rings. The van der Waals surface area contributed by atoms with E-state index in [1.165, 1.54) is 11.1 Å². The number of hydrogen-bond donors (Lipinski definition) is 0. The van der Waals surface area contributed by atoms with Crippen LogP contribution in [-0.2, 0) is 0 Å². The molecule has 2 aromatic carbocycles. The third kappa shape index (κ3) is 6.08. The summed E-state index contributed by atoms with van der Waals surface area (Å²) >= 11 is 0. The van der Waals surface area contributed by atoms with Gasteiger partial charge in [0.2, 0.25) is 0 Å². The van der Waals surface area contributed by atoms with Crippen molar-refractivity contribution in [2.24, 2.45) is 0 Å². The zero-order valence-electron chi connectivity index (χ0n) is 14.2. The molecular formula is C20H20Li2. The molecule has 0 saturated heterocycles. The Hall–Kier alpha value is -0.885. The minimum atomic E-state index is 0. The number of allylic oxidation sites excluding steroid dienone is 3. The Kier molecular flexibility index (Phi) is 11.2. The van der Waals surface area contributed by atoms with E-state index in [1.807, 2.05) is 24.3 Å². The number of rotatable bonds is 5. The fourth-order valence-corrected chi connectivity index (χ4v) is 2.20. The van der Waals surface area contributed by atoms with Gasteiger partial charge in [0.25, 0.3) is 0 Å². The van der Waals surface area contributed by atoms with Crippen LogP contribution in [0.2, 0.25) is 0 Å². The fraction of sp³-hybridized carbons (Fsp3) is 0.200. The topological polar surface area (TPSA) is 0 Å². The van der Waals surface area contributed by atoms with Crippen molar-refractivity contribution < 1.29 is 37.7 Å². The van der Waals surface area contributed by atoms with Crippen LogP contribution in [0.25, 0.3) is 5.57 Å².